The molecule has 0 amide bonds. The molecule has 0 saturated carbocycles. The first-order valence-electron chi connectivity index (χ1n) is 9.78. The highest BCUT2D eigenvalue weighted by atomic mass is 19.1. The summed E-state index contributed by atoms with van der Waals surface area (Å²) in [6, 6.07) is 0. The molecule has 176 valence electrons. The van der Waals surface area contributed by atoms with Crippen LogP contribution in [0, 0.1) is 6.92 Å². The molecule has 2 aromatic heterocycles. The molecule has 1 aliphatic rings. The van der Waals surface area contributed by atoms with E-state index in [9.17, 15) is 29.3 Å². The number of nitrogens with zero attached hydrogens (tertiary/aromatic N) is 4. The summed E-state index contributed by atoms with van der Waals surface area (Å²) in [6.07, 6.45) is -5.48. The van der Waals surface area contributed by atoms with Crippen LogP contribution in [0.1, 0.15) is 31.3 Å². The normalized spacial score (nSPS) is 23.6. The van der Waals surface area contributed by atoms with E-state index in [0.717, 1.165) is 0 Å². The molecule has 1 aliphatic heterocycles. The quantitative estimate of drug-likeness (QED) is 0.224. The number of unbranched alkanes of at least 4 members (excludes halogenated alkanes) is 1. The Labute approximate surface area is 180 Å². The van der Waals surface area contributed by atoms with Gasteiger partial charge in [0.05, 0.1) is 12.9 Å². The third-order valence-corrected chi connectivity index (χ3v) is 5.25. The molecule has 3 rings (SSSR count). The number of nitrogen functional groups attached to an aromatic ring is 1. The van der Waals surface area contributed by atoms with Crippen LogP contribution in [0.25, 0.3) is 11.2 Å². The van der Waals surface area contributed by atoms with E-state index >= 15 is 0 Å². The number of rotatable bonds is 10. The van der Waals surface area contributed by atoms with E-state index in [4.69, 9.17) is 20.3 Å². The number of aliphatic hydroxyl groups excluding tert-OH is 2. The highest BCUT2D eigenvalue weighted by Gasteiger charge is 2.51. The van der Waals surface area contributed by atoms with Gasteiger partial charge >= 0.3 is 11.9 Å². The lowest BCUT2D eigenvalue weighted by Crippen LogP contribution is -2.51. The van der Waals surface area contributed by atoms with Crippen molar-refractivity contribution in [2.75, 3.05) is 18.9 Å². The predicted molar refractivity (Wildman–Crippen MR) is 104 cm³/mol. The van der Waals surface area contributed by atoms with E-state index in [1.54, 1.807) is 6.92 Å². The van der Waals surface area contributed by atoms with Gasteiger partial charge in [0.15, 0.2) is 23.9 Å². The number of nitrogens with two attached hydrogens (primary N) is 1. The summed E-state index contributed by atoms with van der Waals surface area (Å²) in [5.74, 6) is -3.13. The first-order valence-corrected chi connectivity index (χ1v) is 9.78. The van der Waals surface area contributed by atoms with Crippen LogP contribution in [0.5, 0.6) is 0 Å². The third kappa shape index (κ3) is 4.21. The SMILES string of the molecule is Cc1nc(N)c2ncn([C@@H]3O[C@H](COC(CCCCO)(C(=O)O)C(=O)O)[C@@H](O)[C@@H]3F)c2n1. The van der Waals surface area contributed by atoms with Crippen molar-refractivity contribution in [3.8, 4) is 0 Å². The highest BCUT2D eigenvalue weighted by Crippen LogP contribution is 2.35. The molecule has 4 atom stereocenters. The van der Waals surface area contributed by atoms with E-state index < -0.39 is 55.2 Å². The number of aliphatic carboxylic acids is 2. The number of hydrogen-bond donors (Lipinski definition) is 5. The van der Waals surface area contributed by atoms with Crippen LogP contribution < -0.4 is 5.73 Å². The maximum absolute atomic E-state index is 14.9. The monoisotopic (exact) mass is 457 g/mol. The number of alkyl halides is 1. The van der Waals surface area contributed by atoms with E-state index in [-0.39, 0.29) is 36.4 Å². The summed E-state index contributed by atoms with van der Waals surface area (Å²) in [5, 5.41) is 38.1. The van der Waals surface area contributed by atoms with Crippen LogP contribution in [0.15, 0.2) is 6.33 Å². The minimum atomic E-state index is -2.64. The number of imidazole rings is 1. The van der Waals surface area contributed by atoms with Gasteiger partial charge in [0.2, 0.25) is 0 Å². The first kappa shape index (κ1) is 23.7. The summed E-state index contributed by atoms with van der Waals surface area (Å²) >= 11 is 0. The van der Waals surface area contributed by atoms with Crippen molar-refractivity contribution in [2.45, 2.75) is 56.4 Å². The maximum atomic E-state index is 14.9. The first-order chi connectivity index (χ1) is 15.1. The van der Waals surface area contributed by atoms with Crippen LogP contribution in [-0.4, -0.2) is 89.1 Å². The fourth-order valence-electron chi connectivity index (χ4n) is 3.51. The molecular formula is C18H24FN5O8. The average Bonchev–Trinajstić information content (AvgIpc) is 3.26. The number of ether oxygens (including phenoxy) is 2. The van der Waals surface area contributed by atoms with Gasteiger partial charge in [-0.3, -0.25) is 4.57 Å². The molecule has 3 heterocycles. The lowest BCUT2D eigenvalue weighted by atomic mass is 9.96. The van der Waals surface area contributed by atoms with Gasteiger partial charge in [0.1, 0.15) is 23.5 Å². The Bertz CT molecular complexity index is 987. The van der Waals surface area contributed by atoms with Crippen molar-refractivity contribution in [2.24, 2.45) is 0 Å². The van der Waals surface area contributed by atoms with Gasteiger partial charge in [-0.25, -0.2) is 28.9 Å². The molecule has 2 aromatic rings. The second-order valence-electron chi connectivity index (χ2n) is 7.41. The van der Waals surface area contributed by atoms with Gasteiger partial charge in [-0.1, -0.05) is 0 Å². The number of anilines is 1. The maximum Gasteiger partial charge on any atom is 0.347 e. The zero-order chi connectivity index (χ0) is 23.6. The van der Waals surface area contributed by atoms with E-state index in [1.807, 2.05) is 0 Å². The highest BCUT2D eigenvalue weighted by molar-refractivity contribution is 6.01. The molecule has 0 aliphatic carbocycles. The molecule has 0 aromatic carbocycles. The van der Waals surface area contributed by atoms with Crippen molar-refractivity contribution >= 4 is 28.9 Å². The lowest BCUT2D eigenvalue weighted by molar-refractivity contribution is -0.191. The Balaban J connectivity index is 1.80. The summed E-state index contributed by atoms with van der Waals surface area (Å²) in [7, 11) is 0. The number of fused-ring (bicyclic) bond motifs is 1. The number of hydrogen-bond acceptors (Lipinski definition) is 10. The van der Waals surface area contributed by atoms with Crippen LogP contribution in [0.3, 0.4) is 0 Å². The number of aromatic nitrogens is 4. The molecule has 1 fully saturated rings. The topological polar surface area (TPSA) is 203 Å². The van der Waals surface area contributed by atoms with Crippen molar-refractivity contribution in [3.63, 3.8) is 0 Å². The van der Waals surface area contributed by atoms with Gasteiger partial charge in [-0.05, 0) is 26.2 Å². The third-order valence-electron chi connectivity index (χ3n) is 5.25. The molecule has 14 heteroatoms. The van der Waals surface area contributed by atoms with Crippen LogP contribution in [0.4, 0.5) is 10.2 Å². The minimum absolute atomic E-state index is 0.0546. The fourth-order valence-corrected chi connectivity index (χ4v) is 3.51. The largest absolute Gasteiger partial charge is 0.479 e. The standard InChI is InChI=1S/C18H24FN5O8/c1-8-22-13(20)11-14(23-8)24(7-21-11)15-10(19)12(26)9(32-15)6-31-18(16(27)28,17(29)30)4-2-3-5-25/h7,9-10,12,15,25-26H,2-6H2,1H3,(H,27,28)(H,29,30)(H2,20,22,23)/t9-,10+,12-,15-/m1/s1. The van der Waals surface area contributed by atoms with Crippen molar-refractivity contribution < 1.29 is 43.9 Å². The molecule has 32 heavy (non-hydrogen) atoms. The number of carboxylic acid groups (broad SMARTS) is 2. The second kappa shape index (κ2) is 9.28. The van der Waals surface area contributed by atoms with E-state index in [2.05, 4.69) is 15.0 Å². The average molecular weight is 457 g/mol. The Morgan fingerprint density at radius 1 is 1.31 bits per heavy atom. The summed E-state index contributed by atoms with van der Waals surface area (Å²) < 4.78 is 26.8. The Hall–Kier alpha value is -2.94. The van der Waals surface area contributed by atoms with Crippen molar-refractivity contribution in [3.05, 3.63) is 12.2 Å². The second-order valence-corrected chi connectivity index (χ2v) is 7.41. The Morgan fingerprint density at radius 2 is 2.00 bits per heavy atom. The van der Waals surface area contributed by atoms with Gasteiger partial charge in [0, 0.05) is 6.61 Å². The Kier molecular flexibility index (Phi) is 6.88. The fraction of sp³-hybridized carbons (Fsp3) is 0.611. The summed E-state index contributed by atoms with van der Waals surface area (Å²) in [6.45, 7) is 0.616. The lowest BCUT2D eigenvalue weighted by Gasteiger charge is -2.27. The van der Waals surface area contributed by atoms with Gasteiger partial charge in [-0.2, -0.15) is 0 Å². The van der Waals surface area contributed by atoms with Crippen LogP contribution in [0.2, 0.25) is 0 Å². The predicted octanol–water partition coefficient (Wildman–Crippen LogP) is -0.599. The number of halogens is 1. The molecule has 1 saturated heterocycles. The van der Waals surface area contributed by atoms with Crippen LogP contribution >= 0.6 is 0 Å². The van der Waals surface area contributed by atoms with Crippen molar-refractivity contribution in [1.29, 1.82) is 0 Å². The zero-order valence-electron chi connectivity index (χ0n) is 17.1. The molecule has 0 spiro atoms. The molecule has 0 unspecified atom stereocenters. The molecule has 0 bridgehead atoms. The number of carboxylic acids is 2. The van der Waals surface area contributed by atoms with Crippen LogP contribution in [-0.2, 0) is 19.1 Å². The summed E-state index contributed by atoms with van der Waals surface area (Å²) in [5.41, 5.74) is 3.55. The Morgan fingerprint density at radius 3 is 2.62 bits per heavy atom. The zero-order valence-corrected chi connectivity index (χ0v) is 17.1. The van der Waals surface area contributed by atoms with Gasteiger partial charge < -0.3 is 35.6 Å². The summed E-state index contributed by atoms with van der Waals surface area (Å²) in [4.78, 5) is 35.6. The number of carbonyl (C=O) groups is 2. The number of aryl methyl sites for hydroxylation is 1. The van der Waals surface area contributed by atoms with E-state index in [0.29, 0.717) is 5.82 Å². The van der Waals surface area contributed by atoms with Gasteiger partial charge in [0.25, 0.3) is 5.60 Å². The van der Waals surface area contributed by atoms with E-state index in [1.165, 1.54) is 10.9 Å². The minimum Gasteiger partial charge on any atom is -0.479 e. The number of aliphatic hydroxyl groups is 2. The van der Waals surface area contributed by atoms with Gasteiger partial charge in [-0.15, -0.1) is 0 Å². The molecular weight excluding hydrogens is 433 g/mol. The smallest absolute Gasteiger partial charge is 0.347 e. The molecule has 6 N–H and O–H groups in total. The molecule has 13 nitrogen and oxygen atoms in total. The van der Waals surface area contributed by atoms with Crippen molar-refractivity contribution in [1.82, 2.24) is 19.5 Å². The molecule has 0 radical (unpaired) electrons.